The van der Waals surface area contributed by atoms with Gasteiger partial charge in [0.25, 0.3) is 5.91 Å². The number of rotatable bonds is 5. The Kier molecular flexibility index (Phi) is 5.28. The van der Waals surface area contributed by atoms with Crippen molar-refractivity contribution in [2.75, 3.05) is 5.32 Å². The summed E-state index contributed by atoms with van der Waals surface area (Å²) in [6.45, 7) is 2.17. The summed E-state index contributed by atoms with van der Waals surface area (Å²) in [6, 6.07) is 15.2. The van der Waals surface area contributed by atoms with Crippen LogP contribution >= 0.6 is 22.9 Å². The smallest absolute Gasteiger partial charge is 0.257 e. The molecule has 0 aliphatic carbocycles. The van der Waals surface area contributed by atoms with Crippen LogP contribution in [0.25, 0.3) is 11.3 Å². The summed E-state index contributed by atoms with van der Waals surface area (Å²) in [5.74, 6) is -0.189. The Balaban J connectivity index is 1.71. The minimum Gasteiger partial charge on any atom is -0.298 e. The molecular formula is C19H17ClN2OS. The molecule has 122 valence electrons. The van der Waals surface area contributed by atoms with Crippen molar-refractivity contribution in [3.63, 3.8) is 0 Å². The molecule has 0 aliphatic heterocycles. The molecule has 3 nitrogen and oxygen atoms in total. The standard InChI is InChI=1S/C19H17ClN2OS/c1-2-3-13-4-6-14(7-5-13)17-12-24-19(21-17)22-18(23)15-8-10-16(20)11-9-15/h4-12H,2-3H2,1H3,(H,21,22,23). The maximum atomic E-state index is 12.2. The molecule has 2 aromatic carbocycles. The van der Waals surface area contributed by atoms with E-state index in [0.29, 0.717) is 15.7 Å². The molecule has 0 saturated heterocycles. The Hall–Kier alpha value is -2.17. The number of thiazole rings is 1. The maximum absolute atomic E-state index is 12.2. The molecule has 5 heteroatoms. The molecule has 0 saturated carbocycles. The van der Waals surface area contributed by atoms with E-state index in [1.54, 1.807) is 24.3 Å². The summed E-state index contributed by atoms with van der Waals surface area (Å²) >= 11 is 7.25. The first-order valence-corrected chi connectivity index (χ1v) is 9.03. The predicted molar refractivity (Wildman–Crippen MR) is 101 cm³/mol. The average Bonchev–Trinajstić information content (AvgIpc) is 3.05. The minimum absolute atomic E-state index is 0.189. The van der Waals surface area contributed by atoms with Crippen molar-refractivity contribution in [1.82, 2.24) is 4.98 Å². The molecule has 0 radical (unpaired) electrons. The second kappa shape index (κ2) is 7.60. The fourth-order valence-corrected chi connectivity index (χ4v) is 3.21. The third-order valence-electron chi connectivity index (χ3n) is 3.62. The summed E-state index contributed by atoms with van der Waals surface area (Å²) < 4.78 is 0. The van der Waals surface area contributed by atoms with Crippen LogP contribution in [0.15, 0.2) is 53.9 Å². The molecule has 0 fully saturated rings. The minimum atomic E-state index is -0.189. The number of nitrogens with zero attached hydrogens (tertiary/aromatic N) is 1. The lowest BCUT2D eigenvalue weighted by Crippen LogP contribution is -2.11. The number of carbonyl (C=O) groups excluding carboxylic acids is 1. The van der Waals surface area contributed by atoms with Crippen LogP contribution in [0.1, 0.15) is 29.3 Å². The van der Waals surface area contributed by atoms with Gasteiger partial charge in [0.2, 0.25) is 0 Å². The lowest BCUT2D eigenvalue weighted by Gasteiger charge is -2.02. The van der Waals surface area contributed by atoms with Gasteiger partial charge in [0.1, 0.15) is 0 Å². The maximum Gasteiger partial charge on any atom is 0.257 e. The zero-order chi connectivity index (χ0) is 16.9. The molecule has 0 aliphatic rings. The van der Waals surface area contributed by atoms with Gasteiger partial charge >= 0.3 is 0 Å². The van der Waals surface area contributed by atoms with Crippen LogP contribution in [0.5, 0.6) is 0 Å². The van der Waals surface area contributed by atoms with E-state index in [2.05, 4.69) is 41.5 Å². The third-order valence-corrected chi connectivity index (χ3v) is 4.63. The average molecular weight is 357 g/mol. The second-order valence-corrected chi connectivity index (χ2v) is 6.74. The Bertz CT molecular complexity index is 825. The number of benzene rings is 2. The van der Waals surface area contributed by atoms with Crippen LogP contribution in [-0.4, -0.2) is 10.9 Å². The highest BCUT2D eigenvalue weighted by atomic mass is 35.5. The van der Waals surface area contributed by atoms with Gasteiger partial charge in [-0.05, 0) is 36.2 Å². The zero-order valence-corrected chi connectivity index (χ0v) is 14.8. The molecule has 0 spiro atoms. The van der Waals surface area contributed by atoms with Crippen molar-refractivity contribution in [3.05, 3.63) is 70.1 Å². The summed E-state index contributed by atoms with van der Waals surface area (Å²) in [4.78, 5) is 16.7. The molecule has 1 aromatic heterocycles. The molecular weight excluding hydrogens is 340 g/mol. The summed E-state index contributed by atoms with van der Waals surface area (Å²) in [5, 5.41) is 5.97. The van der Waals surface area contributed by atoms with Gasteiger partial charge in [0.15, 0.2) is 5.13 Å². The van der Waals surface area contributed by atoms with Crippen molar-refractivity contribution in [2.24, 2.45) is 0 Å². The number of aryl methyl sites for hydroxylation is 1. The first-order valence-electron chi connectivity index (χ1n) is 7.77. The van der Waals surface area contributed by atoms with Crippen molar-refractivity contribution >= 4 is 34.0 Å². The van der Waals surface area contributed by atoms with Crippen molar-refractivity contribution < 1.29 is 4.79 Å². The van der Waals surface area contributed by atoms with Gasteiger partial charge < -0.3 is 0 Å². The van der Waals surface area contributed by atoms with Gasteiger partial charge in [0.05, 0.1) is 5.69 Å². The van der Waals surface area contributed by atoms with Gasteiger partial charge in [-0.1, -0.05) is 49.2 Å². The van der Waals surface area contributed by atoms with Gasteiger partial charge in [0, 0.05) is 21.5 Å². The number of hydrogen-bond donors (Lipinski definition) is 1. The van der Waals surface area contributed by atoms with E-state index < -0.39 is 0 Å². The molecule has 24 heavy (non-hydrogen) atoms. The zero-order valence-electron chi connectivity index (χ0n) is 13.3. The van der Waals surface area contributed by atoms with E-state index in [-0.39, 0.29) is 5.91 Å². The first-order chi connectivity index (χ1) is 11.7. The van der Waals surface area contributed by atoms with Crippen LogP contribution in [0.3, 0.4) is 0 Å². The van der Waals surface area contributed by atoms with Gasteiger partial charge in [-0.25, -0.2) is 4.98 Å². The highest BCUT2D eigenvalue weighted by Crippen LogP contribution is 2.25. The fourth-order valence-electron chi connectivity index (χ4n) is 2.37. The van der Waals surface area contributed by atoms with Crippen LogP contribution in [-0.2, 0) is 6.42 Å². The van der Waals surface area contributed by atoms with E-state index >= 15 is 0 Å². The van der Waals surface area contributed by atoms with Crippen molar-refractivity contribution in [3.8, 4) is 11.3 Å². The molecule has 0 unspecified atom stereocenters. The lowest BCUT2D eigenvalue weighted by molar-refractivity contribution is 0.102. The largest absolute Gasteiger partial charge is 0.298 e. The number of aromatic nitrogens is 1. The number of amides is 1. The number of anilines is 1. The number of hydrogen-bond acceptors (Lipinski definition) is 3. The molecule has 1 heterocycles. The van der Waals surface area contributed by atoms with Crippen molar-refractivity contribution in [1.29, 1.82) is 0 Å². The first kappa shape index (κ1) is 16.7. The van der Waals surface area contributed by atoms with Gasteiger partial charge in [-0.15, -0.1) is 11.3 Å². The quantitative estimate of drug-likeness (QED) is 0.640. The molecule has 0 atom stereocenters. The van der Waals surface area contributed by atoms with Crippen LogP contribution < -0.4 is 5.32 Å². The highest BCUT2D eigenvalue weighted by molar-refractivity contribution is 7.14. The Morgan fingerprint density at radius 1 is 1.12 bits per heavy atom. The summed E-state index contributed by atoms with van der Waals surface area (Å²) in [7, 11) is 0. The SMILES string of the molecule is CCCc1ccc(-c2csc(NC(=O)c3ccc(Cl)cc3)n2)cc1. The van der Waals surface area contributed by atoms with Crippen LogP contribution in [0.2, 0.25) is 5.02 Å². The van der Waals surface area contributed by atoms with Crippen molar-refractivity contribution in [2.45, 2.75) is 19.8 Å². The Labute approximate surface area is 150 Å². The normalized spacial score (nSPS) is 10.6. The highest BCUT2D eigenvalue weighted by Gasteiger charge is 2.10. The summed E-state index contributed by atoms with van der Waals surface area (Å²) in [5.41, 5.74) is 3.81. The molecule has 1 N–H and O–H groups in total. The van der Waals surface area contributed by atoms with E-state index in [9.17, 15) is 4.79 Å². The van der Waals surface area contributed by atoms with E-state index in [1.165, 1.54) is 16.9 Å². The molecule has 3 rings (SSSR count). The molecule has 1 amide bonds. The fraction of sp³-hybridized carbons (Fsp3) is 0.158. The summed E-state index contributed by atoms with van der Waals surface area (Å²) in [6.07, 6.45) is 2.22. The number of carbonyl (C=O) groups is 1. The van der Waals surface area contributed by atoms with Crippen LogP contribution in [0.4, 0.5) is 5.13 Å². The second-order valence-electron chi connectivity index (χ2n) is 5.45. The molecule has 0 bridgehead atoms. The third kappa shape index (κ3) is 4.02. The van der Waals surface area contributed by atoms with Gasteiger partial charge in [-0.3, -0.25) is 10.1 Å². The Morgan fingerprint density at radius 2 is 1.83 bits per heavy atom. The van der Waals surface area contributed by atoms with E-state index in [4.69, 9.17) is 11.6 Å². The van der Waals surface area contributed by atoms with Gasteiger partial charge in [-0.2, -0.15) is 0 Å². The monoisotopic (exact) mass is 356 g/mol. The van der Waals surface area contributed by atoms with Crippen LogP contribution in [0, 0.1) is 0 Å². The topological polar surface area (TPSA) is 42.0 Å². The Morgan fingerprint density at radius 3 is 2.50 bits per heavy atom. The lowest BCUT2D eigenvalue weighted by atomic mass is 10.1. The number of halogens is 1. The number of nitrogens with one attached hydrogen (secondary N) is 1. The molecule has 3 aromatic rings. The predicted octanol–water partition coefficient (Wildman–Crippen LogP) is 5.67. The van der Waals surface area contributed by atoms with E-state index in [0.717, 1.165) is 24.1 Å². The van der Waals surface area contributed by atoms with E-state index in [1.807, 2.05) is 5.38 Å².